The number of halogens is 4. The molecule has 0 radical (unpaired) electrons. The van der Waals surface area contributed by atoms with Crippen LogP contribution in [0.5, 0.6) is 0 Å². The number of rotatable bonds is 4. The Morgan fingerprint density at radius 3 is 1.83 bits per heavy atom. The first-order valence-corrected chi connectivity index (χ1v) is 8.23. The van der Waals surface area contributed by atoms with E-state index in [1.807, 2.05) is 13.8 Å². The fourth-order valence-corrected chi connectivity index (χ4v) is 3.12. The number of carbonyl (C=O) groups is 3. The largest absolute Gasteiger partial charge is 0.352 e. The van der Waals surface area contributed by atoms with Crippen LogP contribution in [0.25, 0.3) is 0 Å². The smallest absolute Gasteiger partial charge is 0.263 e. The van der Waals surface area contributed by atoms with E-state index in [4.69, 9.17) is 46.4 Å². The molecule has 5 nitrogen and oxygen atoms in total. The molecule has 3 amide bonds. The first-order chi connectivity index (χ1) is 10.7. The highest BCUT2D eigenvalue weighted by Gasteiger charge is 2.42. The average Bonchev–Trinajstić information content (AvgIpc) is 2.75. The lowest BCUT2D eigenvalue weighted by Crippen LogP contribution is -2.43. The molecular weight excluding hydrogens is 386 g/mol. The fraction of sp³-hybridized carbons (Fsp3) is 0.357. The van der Waals surface area contributed by atoms with Gasteiger partial charge in [0.2, 0.25) is 5.91 Å². The molecule has 0 aliphatic carbocycles. The second kappa shape index (κ2) is 6.85. The minimum Gasteiger partial charge on any atom is -0.352 e. The Balaban J connectivity index is 2.37. The Hall–Kier alpha value is -1.01. The average molecular weight is 398 g/mol. The van der Waals surface area contributed by atoms with Crippen molar-refractivity contribution in [2.24, 2.45) is 0 Å². The molecule has 0 bridgehead atoms. The van der Waals surface area contributed by atoms with E-state index >= 15 is 0 Å². The zero-order valence-electron chi connectivity index (χ0n) is 12.2. The van der Waals surface area contributed by atoms with E-state index in [1.165, 1.54) is 0 Å². The number of amides is 3. The highest BCUT2D eigenvalue weighted by Crippen LogP contribution is 2.44. The van der Waals surface area contributed by atoms with Crippen molar-refractivity contribution < 1.29 is 14.4 Å². The number of hydrogen-bond acceptors (Lipinski definition) is 3. The lowest BCUT2D eigenvalue weighted by atomic mass is 10.1. The van der Waals surface area contributed by atoms with E-state index in [9.17, 15) is 14.4 Å². The van der Waals surface area contributed by atoms with Crippen molar-refractivity contribution in [2.75, 3.05) is 6.54 Å². The normalized spacial score (nSPS) is 15.0. The molecule has 0 fully saturated rings. The van der Waals surface area contributed by atoms with Gasteiger partial charge in [0, 0.05) is 6.04 Å². The van der Waals surface area contributed by atoms with E-state index in [2.05, 4.69) is 5.32 Å². The Bertz CT molecular complexity index is 674. The molecule has 1 heterocycles. The summed E-state index contributed by atoms with van der Waals surface area (Å²) in [6.07, 6.45) is 0.719. The molecule has 0 unspecified atom stereocenters. The number of nitrogens with one attached hydrogen (secondary N) is 1. The van der Waals surface area contributed by atoms with Crippen molar-refractivity contribution in [1.82, 2.24) is 10.2 Å². The number of carbonyl (C=O) groups excluding carboxylic acids is 3. The highest BCUT2D eigenvalue weighted by atomic mass is 35.5. The van der Waals surface area contributed by atoms with Crippen LogP contribution in [0.4, 0.5) is 0 Å². The van der Waals surface area contributed by atoms with Crippen LogP contribution in [-0.2, 0) is 4.79 Å². The van der Waals surface area contributed by atoms with Crippen molar-refractivity contribution in [1.29, 1.82) is 0 Å². The summed E-state index contributed by atoms with van der Waals surface area (Å²) < 4.78 is 0. The molecule has 1 aliphatic heterocycles. The van der Waals surface area contributed by atoms with Crippen LogP contribution in [0.1, 0.15) is 41.0 Å². The molecule has 2 rings (SSSR count). The maximum atomic E-state index is 12.4. The van der Waals surface area contributed by atoms with Gasteiger partial charge in [-0.1, -0.05) is 53.3 Å². The molecule has 0 aromatic heterocycles. The maximum Gasteiger partial charge on any atom is 0.263 e. The Morgan fingerprint density at radius 1 is 1.00 bits per heavy atom. The van der Waals surface area contributed by atoms with Gasteiger partial charge in [-0.05, 0) is 13.3 Å². The molecular formula is C14H12Cl4N2O3. The summed E-state index contributed by atoms with van der Waals surface area (Å²) in [5.41, 5.74) is -0.264. The standard InChI is InChI=1S/C14H12Cl4N2O3/c1-3-5(2)19-6(21)4-20-13(22)7-8(14(20)23)10(16)12(18)11(17)9(7)15/h5H,3-4H2,1-2H3,(H,19,21)/t5-/m0/s1. The Kier molecular flexibility index (Phi) is 5.46. The van der Waals surface area contributed by atoms with Gasteiger partial charge in [-0.25, -0.2) is 0 Å². The van der Waals surface area contributed by atoms with Gasteiger partial charge in [0.25, 0.3) is 11.8 Å². The topological polar surface area (TPSA) is 66.5 Å². The zero-order chi connectivity index (χ0) is 17.5. The number of imide groups is 1. The predicted octanol–water partition coefficient (Wildman–Crippen LogP) is 3.81. The molecule has 23 heavy (non-hydrogen) atoms. The van der Waals surface area contributed by atoms with Gasteiger partial charge in [0.15, 0.2) is 0 Å². The fourth-order valence-electron chi connectivity index (χ4n) is 2.11. The first kappa shape index (κ1) is 18.3. The number of nitrogens with zero attached hydrogens (tertiary/aromatic N) is 1. The van der Waals surface area contributed by atoms with Gasteiger partial charge in [-0.3, -0.25) is 19.3 Å². The second-order valence-electron chi connectivity index (χ2n) is 5.08. The van der Waals surface area contributed by atoms with Crippen molar-refractivity contribution >= 4 is 64.1 Å². The van der Waals surface area contributed by atoms with Crippen molar-refractivity contribution in [2.45, 2.75) is 26.3 Å². The van der Waals surface area contributed by atoms with Crippen molar-refractivity contribution in [3.8, 4) is 0 Å². The quantitative estimate of drug-likeness (QED) is 0.477. The lowest BCUT2D eigenvalue weighted by molar-refractivity contribution is -0.122. The third-order valence-corrected chi connectivity index (χ3v) is 5.31. The highest BCUT2D eigenvalue weighted by molar-refractivity contribution is 6.55. The third kappa shape index (κ3) is 3.15. The predicted molar refractivity (Wildman–Crippen MR) is 89.7 cm³/mol. The number of benzene rings is 1. The summed E-state index contributed by atoms with van der Waals surface area (Å²) in [6, 6.07) is -0.0752. The molecule has 0 saturated carbocycles. The van der Waals surface area contributed by atoms with Crippen LogP contribution in [0.3, 0.4) is 0 Å². The summed E-state index contributed by atoms with van der Waals surface area (Å²) in [6.45, 7) is 3.28. The maximum absolute atomic E-state index is 12.4. The zero-order valence-corrected chi connectivity index (χ0v) is 15.2. The molecule has 1 aromatic carbocycles. The monoisotopic (exact) mass is 396 g/mol. The van der Waals surface area contributed by atoms with Crippen molar-refractivity contribution in [3.63, 3.8) is 0 Å². The molecule has 9 heteroatoms. The van der Waals surface area contributed by atoms with Gasteiger partial charge in [0.05, 0.1) is 31.2 Å². The number of fused-ring (bicyclic) bond motifs is 1. The van der Waals surface area contributed by atoms with Gasteiger partial charge in [-0.2, -0.15) is 0 Å². The SMILES string of the molecule is CC[C@H](C)NC(=O)CN1C(=O)c2c(Cl)c(Cl)c(Cl)c(Cl)c2C1=O. The second-order valence-corrected chi connectivity index (χ2v) is 6.59. The van der Waals surface area contributed by atoms with Crippen LogP contribution in [0.2, 0.25) is 20.1 Å². The summed E-state index contributed by atoms with van der Waals surface area (Å²) >= 11 is 23.8. The number of hydrogen-bond donors (Lipinski definition) is 1. The Morgan fingerprint density at radius 2 is 1.43 bits per heavy atom. The third-order valence-electron chi connectivity index (χ3n) is 3.51. The molecule has 1 N–H and O–H groups in total. The molecule has 1 aliphatic rings. The van der Waals surface area contributed by atoms with E-state index in [-0.39, 0.29) is 37.3 Å². The molecule has 0 spiro atoms. The minimum absolute atomic E-state index is 0.0752. The molecule has 1 atom stereocenters. The molecule has 124 valence electrons. The van der Waals surface area contributed by atoms with Crippen LogP contribution in [-0.4, -0.2) is 35.2 Å². The summed E-state index contributed by atoms with van der Waals surface area (Å²) in [7, 11) is 0. The molecule has 1 aromatic rings. The van der Waals surface area contributed by atoms with Crippen molar-refractivity contribution in [3.05, 3.63) is 31.2 Å². The van der Waals surface area contributed by atoms with Gasteiger partial charge >= 0.3 is 0 Å². The Labute approximate surface area is 152 Å². The van der Waals surface area contributed by atoms with Gasteiger partial charge in [0.1, 0.15) is 6.54 Å². The van der Waals surface area contributed by atoms with Crippen LogP contribution in [0, 0.1) is 0 Å². The van der Waals surface area contributed by atoms with Crippen LogP contribution < -0.4 is 5.32 Å². The first-order valence-electron chi connectivity index (χ1n) is 6.72. The van der Waals surface area contributed by atoms with E-state index in [0.717, 1.165) is 11.3 Å². The summed E-state index contributed by atoms with van der Waals surface area (Å²) in [5.74, 6) is -1.91. The van der Waals surface area contributed by atoms with E-state index in [1.54, 1.807) is 0 Å². The van der Waals surface area contributed by atoms with Crippen LogP contribution >= 0.6 is 46.4 Å². The van der Waals surface area contributed by atoms with Crippen LogP contribution in [0.15, 0.2) is 0 Å². The van der Waals surface area contributed by atoms with E-state index in [0.29, 0.717) is 0 Å². The minimum atomic E-state index is -0.727. The molecule has 0 saturated heterocycles. The summed E-state index contributed by atoms with van der Waals surface area (Å²) in [4.78, 5) is 37.5. The lowest BCUT2D eigenvalue weighted by Gasteiger charge is -2.16. The van der Waals surface area contributed by atoms with E-state index < -0.39 is 24.3 Å². The van der Waals surface area contributed by atoms with Gasteiger partial charge < -0.3 is 5.32 Å². The van der Waals surface area contributed by atoms with Gasteiger partial charge in [-0.15, -0.1) is 0 Å². The summed E-state index contributed by atoms with van der Waals surface area (Å²) in [5, 5.41) is 2.15.